The molecule has 5 nitrogen and oxygen atoms in total. The van der Waals surface area contributed by atoms with E-state index in [4.69, 9.17) is 4.74 Å². The monoisotopic (exact) mass is 361 g/mol. The van der Waals surface area contributed by atoms with Crippen LogP contribution in [0.3, 0.4) is 0 Å². The van der Waals surface area contributed by atoms with Gasteiger partial charge < -0.3 is 4.74 Å². The van der Waals surface area contributed by atoms with Gasteiger partial charge in [-0.25, -0.2) is 9.78 Å². The Kier molecular flexibility index (Phi) is 7.44. The fourth-order valence-electron chi connectivity index (χ4n) is 3.43. The number of amides is 1. The molecule has 2 rings (SSSR count). The molecule has 1 amide bonds. The molecule has 1 aliphatic rings. The van der Waals surface area contributed by atoms with Gasteiger partial charge in [0, 0.05) is 18.8 Å². The maximum absolute atomic E-state index is 12.6. The lowest BCUT2D eigenvalue weighted by Crippen LogP contribution is -2.38. The van der Waals surface area contributed by atoms with Crippen LogP contribution >= 0.6 is 0 Å². The summed E-state index contributed by atoms with van der Waals surface area (Å²) in [4.78, 5) is 21.4. The maximum Gasteiger partial charge on any atom is 0.416 e. The van der Waals surface area contributed by atoms with Gasteiger partial charge >= 0.3 is 6.09 Å². The van der Waals surface area contributed by atoms with Gasteiger partial charge in [0.1, 0.15) is 11.4 Å². The van der Waals surface area contributed by atoms with E-state index in [0.29, 0.717) is 18.4 Å². The van der Waals surface area contributed by atoms with E-state index in [1.807, 2.05) is 33.0 Å². The van der Waals surface area contributed by atoms with Crippen molar-refractivity contribution in [2.24, 2.45) is 0 Å². The number of piperidine rings is 1. The van der Waals surface area contributed by atoms with E-state index in [-0.39, 0.29) is 6.09 Å². The lowest BCUT2D eigenvalue weighted by atomic mass is 9.96. The molecule has 1 atom stereocenters. The summed E-state index contributed by atoms with van der Waals surface area (Å²) in [5, 5.41) is 0. The van der Waals surface area contributed by atoms with Gasteiger partial charge in [-0.3, -0.25) is 9.80 Å². The molecule has 1 saturated heterocycles. The van der Waals surface area contributed by atoms with E-state index >= 15 is 0 Å². The van der Waals surface area contributed by atoms with Gasteiger partial charge in [-0.2, -0.15) is 0 Å². The average molecular weight is 362 g/mol. The number of pyridine rings is 1. The van der Waals surface area contributed by atoms with Gasteiger partial charge in [-0.15, -0.1) is 0 Å². The third-order valence-corrected chi connectivity index (χ3v) is 4.80. The highest BCUT2D eigenvalue weighted by Crippen LogP contribution is 2.31. The second kappa shape index (κ2) is 9.36. The average Bonchev–Trinajstić information content (AvgIpc) is 2.61. The molecule has 1 fully saturated rings. The van der Waals surface area contributed by atoms with E-state index in [1.165, 1.54) is 24.8 Å². The number of carbonyl (C=O) groups excluding carboxylic acids is 1. The minimum absolute atomic E-state index is 0.320. The molecule has 0 aliphatic carbocycles. The summed E-state index contributed by atoms with van der Waals surface area (Å²) in [6.07, 6.45) is 7.29. The fourth-order valence-corrected chi connectivity index (χ4v) is 3.43. The van der Waals surface area contributed by atoms with E-state index in [9.17, 15) is 4.79 Å². The third kappa shape index (κ3) is 5.70. The molecule has 1 aromatic rings. The SMILES string of the molecule is CCCCN(C(=O)OC(C)(C)C)c1ccc(C2CCCCN2CC)cn1. The molecule has 0 aromatic carbocycles. The standard InChI is InChI=1S/C21H35N3O2/c1-6-8-15-24(20(25)26-21(3,4)5)19-13-12-17(16-22-19)18-11-9-10-14-23(18)7-2/h12-13,16,18H,6-11,14-15H2,1-5H3. The van der Waals surface area contributed by atoms with Crippen LogP contribution in [-0.2, 0) is 4.74 Å². The molecule has 5 heteroatoms. The zero-order valence-corrected chi connectivity index (χ0v) is 17.1. The molecule has 0 radical (unpaired) electrons. The van der Waals surface area contributed by atoms with Gasteiger partial charge in [-0.05, 0) is 64.8 Å². The zero-order valence-electron chi connectivity index (χ0n) is 17.1. The second-order valence-electron chi connectivity index (χ2n) is 8.08. The summed E-state index contributed by atoms with van der Waals surface area (Å²) in [6.45, 7) is 12.9. The number of nitrogens with zero attached hydrogens (tertiary/aromatic N) is 3. The molecule has 0 spiro atoms. The number of hydrogen-bond donors (Lipinski definition) is 0. The van der Waals surface area contributed by atoms with Crippen molar-refractivity contribution in [3.8, 4) is 0 Å². The van der Waals surface area contributed by atoms with E-state index in [1.54, 1.807) is 4.90 Å². The Morgan fingerprint density at radius 2 is 2.08 bits per heavy atom. The summed E-state index contributed by atoms with van der Waals surface area (Å²) < 4.78 is 5.57. The molecule has 0 saturated carbocycles. The summed E-state index contributed by atoms with van der Waals surface area (Å²) in [7, 11) is 0. The normalized spacial score (nSPS) is 18.6. The maximum atomic E-state index is 12.6. The Morgan fingerprint density at radius 1 is 1.31 bits per heavy atom. The second-order valence-corrected chi connectivity index (χ2v) is 8.08. The van der Waals surface area contributed by atoms with Gasteiger partial charge in [0.25, 0.3) is 0 Å². The number of anilines is 1. The van der Waals surface area contributed by atoms with Crippen molar-refractivity contribution < 1.29 is 9.53 Å². The van der Waals surface area contributed by atoms with E-state index in [2.05, 4.69) is 29.8 Å². The number of aromatic nitrogens is 1. The Bertz CT molecular complexity index is 566. The van der Waals surface area contributed by atoms with Crippen LogP contribution in [0.15, 0.2) is 18.3 Å². The van der Waals surface area contributed by atoms with Crippen LogP contribution in [0.1, 0.15) is 78.3 Å². The lowest BCUT2D eigenvalue weighted by molar-refractivity contribution is 0.0578. The van der Waals surface area contributed by atoms with E-state index in [0.717, 1.165) is 25.9 Å². The van der Waals surface area contributed by atoms with Crippen molar-refractivity contribution in [1.82, 2.24) is 9.88 Å². The lowest BCUT2D eigenvalue weighted by Gasteiger charge is -2.35. The number of likely N-dealkylation sites (tertiary alicyclic amines) is 1. The quantitative estimate of drug-likeness (QED) is 0.701. The van der Waals surface area contributed by atoms with Crippen LogP contribution in [-0.4, -0.2) is 41.2 Å². The minimum atomic E-state index is -0.509. The van der Waals surface area contributed by atoms with Gasteiger partial charge in [0.05, 0.1) is 0 Å². The van der Waals surface area contributed by atoms with Crippen molar-refractivity contribution in [3.05, 3.63) is 23.9 Å². The Labute approximate surface area is 158 Å². The summed E-state index contributed by atoms with van der Waals surface area (Å²) in [5.41, 5.74) is 0.737. The first-order chi connectivity index (χ1) is 12.4. The molecule has 1 aliphatic heterocycles. The highest BCUT2D eigenvalue weighted by molar-refractivity contribution is 5.86. The zero-order chi connectivity index (χ0) is 19.2. The minimum Gasteiger partial charge on any atom is -0.443 e. The van der Waals surface area contributed by atoms with Crippen LogP contribution in [0, 0.1) is 0 Å². The molecule has 26 heavy (non-hydrogen) atoms. The third-order valence-electron chi connectivity index (χ3n) is 4.80. The molecular formula is C21H35N3O2. The molecule has 0 N–H and O–H groups in total. The fraction of sp³-hybridized carbons (Fsp3) is 0.714. The highest BCUT2D eigenvalue weighted by Gasteiger charge is 2.26. The van der Waals surface area contributed by atoms with Crippen LogP contribution < -0.4 is 4.90 Å². The van der Waals surface area contributed by atoms with E-state index < -0.39 is 5.60 Å². The van der Waals surface area contributed by atoms with Crippen LogP contribution in [0.4, 0.5) is 10.6 Å². The predicted octanol–water partition coefficient (Wildman–Crippen LogP) is 5.17. The molecule has 0 bridgehead atoms. The van der Waals surface area contributed by atoms with Crippen molar-refractivity contribution in [2.75, 3.05) is 24.5 Å². The van der Waals surface area contributed by atoms with Crippen molar-refractivity contribution in [3.63, 3.8) is 0 Å². The van der Waals surface area contributed by atoms with Gasteiger partial charge in [-0.1, -0.05) is 32.8 Å². The summed E-state index contributed by atoms with van der Waals surface area (Å²) in [6, 6.07) is 4.54. The van der Waals surface area contributed by atoms with Crippen molar-refractivity contribution in [1.29, 1.82) is 0 Å². The first kappa shape index (κ1) is 20.7. The Morgan fingerprint density at radius 3 is 2.65 bits per heavy atom. The van der Waals surface area contributed by atoms with Gasteiger partial charge in [0.15, 0.2) is 0 Å². The Hall–Kier alpha value is -1.62. The number of rotatable bonds is 6. The smallest absolute Gasteiger partial charge is 0.416 e. The van der Waals surface area contributed by atoms with Crippen LogP contribution in [0.25, 0.3) is 0 Å². The number of carbonyl (C=O) groups is 1. The molecule has 1 unspecified atom stereocenters. The van der Waals surface area contributed by atoms with Crippen LogP contribution in [0.5, 0.6) is 0 Å². The first-order valence-electron chi connectivity index (χ1n) is 10.1. The first-order valence-corrected chi connectivity index (χ1v) is 10.1. The largest absolute Gasteiger partial charge is 0.443 e. The number of unbranched alkanes of at least 4 members (excludes halogenated alkanes) is 1. The highest BCUT2D eigenvalue weighted by atomic mass is 16.6. The molecule has 2 heterocycles. The van der Waals surface area contributed by atoms with Crippen molar-refractivity contribution >= 4 is 11.9 Å². The molecular weight excluding hydrogens is 326 g/mol. The topological polar surface area (TPSA) is 45.7 Å². The summed E-state index contributed by atoms with van der Waals surface area (Å²) >= 11 is 0. The van der Waals surface area contributed by atoms with Crippen LogP contribution in [0.2, 0.25) is 0 Å². The predicted molar refractivity (Wildman–Crippen MR) is 107 cm³/mol. The molecule has 1 aromatic heterocycles. The summed E-state index contributed by atoms with van der Waals surface area (Å²) in [5.74, 6) is 0.676. The van der Waals surface area contributed by atoms with Gasteiger partial charge in [0.2, 0.25) is 0 Å². The Balaban J connectivity index is 2.16. The molecule has 146 valence electrons. The number of ether oxygens (including phenoxy) is 1. The number of hydrogen-bond acceptors (Lipinski definition) is 4. The van der Waals surface area contributed by atoms with Crippen molar-refractivity contribution in [2.45, 2.75) is 78.4 Å².